The molecule has 88 valence electrons. The van der Waals surface area contributed by atoms with Gasteiger partial charge in [-0.25, -0.2) is 0 Å². The minimum absolute atomic E-state index is 0.714. The molecule has 2 nitrogen and oxygen atoms in total. The fourth-order valence-electron chi connectivity index (χ4n) is 1.71. The van der Waals surface area contributed by atoms with Crippen LogP contribution in [-0.2, 0) is 6.54 Å². The fraction of sp³-hybridized carbons (Fsp3) is 0.214. The lowest BCUT2D eigenvalue weighted by Gasteiger charge is -2.10. The Bertz CT molecular complexity index is 523. The molecule has 0 atom stereocenters. The van der Waals surface area contributed by atoms with Crippen LogP contribution >= 0.6 is 11.6 Å². The van der Waals surface area contributed by atoms with Crippen molar-refractivity contribution in [1.82, 2.24) is 4.98 Å². The topological polar surface area (TPSA) is 24.9 Å². The van der Waals surface area contributed by atoms with Crippen LogP contribution in [0.5, 0.6) is 0 Å². The fourth-order valence-corrected chi connectivity index (χ4v) is 1.91. The van der Waals surface area contributed by atoms with Crippen molar-refractivity contribution in [1.29, 1.82) is 0 Å². The predicted octanol–water partition coefficient (Wildman–Crippen LogP) is 3.96. The molecule has 0 amide bonds. The number of hydrogen-bond acceptors (Lipinski definition) is 2. The molecule has 17 heavy (non-hydrogen) atoms. The summed E-state index contributed by atoms with van der Waals surface area (Å²) >= 11 is 6.10. The Morgan fingerprint density at radius 2 is 1.88 bits per heavy atom. The molecule has 2 aromatic rings. The number of benzene rings is 1. The van der Waals surface area contributed by atoms with Gasteiger partial charge in [0, 0.05) is 17.3 Å². The molecule has 0 radical (unpaired) electrons. The molecule has 0 aliphatic carbocycles. The molecule has 0 spiro atoms. The Hall–Kier alpha value is -1.54. The van der Waals surface area contributed by atoms with E-state index < -0.39 is 0 Å². The number of pyridine rings is 1. The van der Waals surface area contributed by atoms with Gasteiger partial charge in [0.15, 0.2) is 0 Å². The van der Waals surface area contributed by atoms with Crippen LogP contribution in [0.1, 0.15) is 17.0 Å². The number of nitrogens with one attached hydrogen (secondary N) is 1. The average molecular weight is 247 g/mol. The molecule has 1 aromatic carbocycles. The standard InChI is InChI=1S/C14H15ClN2/c1-10-7-8-14(11(2)17-10)16-9-12-5-3-4-6-13(12)15/h3-8,16H,9H2,1-2H3. The van der Waals surface area contributed by atoms with Crippen molar-refractivity contribution < 1.29 is 0 Å². The summed E-state index contributed by atoms with van der Waals surface area (Å²) in [6, 6.07) is 11.9. The molecule has 0 saturated heterocycles. The third-order valence-corrected chi connectivity index (χ3v) is 3.02. The van der Waals surface area contributed by atoms with Crippen molar-refractivity contribution in [2.24, 2.45) is 0 Å². The van der Waals surface area contributed by atoms with Gasteiger partial charge in [-0.05, 0) is 37.6 Å². The molecule has 1 N–H and O–H groups in total. The Balaban J connectivity index is 2.10. The van der Waals surface area contributed by atoms with Crippen LogP contribution in [0.4, 0.5) is 5.69 Å². The van der Waals surface area contributed by atoms with E-state index in [1.165, 1.54) is 0 Å². The number of aryl methyl sites for hydroxylation is 2. The summed E-state index contributed by atoms with van der Waals surface area (Å²) in [5.74, 6) is 0. The van der Waals surface area contributed by atoms with Gasteiger partial charge in [-0.2, -0.15) is 0 Å². The SMILES string of the molecule is Cc1ccc(NCc2ccccc2Cl)c(C)n1. The monoisotopic (exact) mass is 246 g/mol. The van der Waals surface area contributed by atoms with Crippen LogP contribution < -0.4 is 5.32 Å². The van der Waals surface area contributed by atoms with Crippen molar-refractivity contribution in [3.8, 4) is 0 Å². The van der Waals surface area contributed by atoms with Gasteiger partial charge in [-0.1, -0.05) is 29.8 Å². The first-order valence-electron chi connectivity index (χ1n) is 5.58. The summed E-state index contributed by atoms with van der Waals surface area (Å²) in [5, 5.41) is 4.14. The summed E-state index contributed by atoms with van der Waals surface area (Å²) < 4.78 is 0. The molecule has 1 heterocycles. The highest BCUT2D eigenvalue weighted by Crippen LogP contribution is 2.18. The van der Waals surface area contributed by atoms with Crippen molar-refractivity contribution in [3.05, 3.63) is 58.4 Å². The number of nitrogens with zero attached hydrogens (tertiary/aromatic N) is 1. The van der Waals surface area contributed by atoms with Crippen molar-refractivity contribution in [2.75, 3.05) is 5.32 Å². The Morgan fingerprint density at radius 3 is 2.59 bits per heavy atom. The second-order valence-corrected chi connectivity index (χ2v) is 4.44. The van der Waals surface area contributed by atoms with E-state index in [9.17, 15) is 0 Å². The molecule has 0 saturated carbocycles. The predicted molar refractivity (Wildman–Crippen MR) is 72.5 cm³/mol. The van der Waals surface area contributed by atoms with Crippen LogP contribution in [0.15, 0.2) is 36.4 Å². The summed E-state index contributed by atoms with van der Waals surface area (Å²) in [6.07, 6.45) is 0. The molecule has 1 aromatic heterocycles. The molecule has 2 rings (SSSR count). The molecule has 0 aliphatic heterocycles. The van der Waals surface area contributed by atoms with Crippen molar-refractivity contribution >= 4 is 17.3 Å². The molecule has 0 bridgehead atoms. The third-order valence-electron chi connectivity index (χ3n) is 2.65. The first-order valence-corrected chi connectivity index (χ1v) is 5.96. The second kappa shape index (κ2) is 5.19. The van der Waals surface area contributed by atoms with E-state index in [4.69, 9.17) is 11.6 Å². The first-order chi connectivity index (χ1) is 8.16. The van der Waals surface area contributed by atoms with Crippen molar-refractivity contribution in [3.63, 3.8) is 0 Å². The van der Waals surface area contributed by atoms with Crippen molar-refractivity contribution in [2.45, 2.75) is 20.4 Å². The van der Waals surface area contributed by atoms with Crippen LogP contribution in [0, 0.1) is 13.8 Å². The summed E-state index contributed by atoms with van der Waals surface area (Å²) in [5.41, 5.74) is 4.19. The zero-order chi connectivity index (χ0) is 12.3. The highest BCUT2D eigenvalue weighted by Gasteiger charge is 2.01. The lowest BCUT2D eigenvalue weighted by molar-refractivity contribution is 1.08. The maximum Gasteiger partial charge on any atom is 0.0606 e. The maximum atomic E-state index is 6.10. The quantitative estimate of drug-likeness (QED) is 0.887. The maximum absolute atomic E-state index is 6.10. The van der Waals surface area contributed by atoms with Gasteiger partial charge in [-0.15, -0.1) is 0 Å². The Morgan fingerprint density at radius 1 is 1.12 bits per heavy atom. The lowest BCUT2D eigenvalue weighted by atomic mass is 10.2. The highest BCUT2D eigenvalue weighted by atomic mass is 35.5. The number of aromatic nitrogens is 1. The van der Waals surface area contributed by atoms with Crippen LogP contribution in [-0.4, -0.2) is 4.98 Å². The van der Waals surface area contributed by atoms with E-state index >= 15 is 0 Å². The summed E-state index contributed by atoms with van der Waals surface area (Å²) in [4.78, 5) is 4.41. The normalized spacial score (nSPS) is 10.3. The molecular weight excluding hydrogens is 232 g/mol. The minimum atomic E-state index is 0.714. The molecule has 0 fully saturated rings. The largest absolute Gasteiger partial charge is 0.379 e. The number of halogens is 1. The smallest absolute Gasteiger partial charge is 0.0606 e. The van der Waals surface area contributed by atoms with Crippen LogP contribution in [0.3, 0.4) is 0 Å². The molecular formula is C14H15ClN2. The van der Waals surface area contributed by atoms with E-state index in [1.807, 2.05) is 44.2 Å². The zero-order valence-electron chi connectivity index (χ0n) is 10.00. The summed E-state index contributed by atoms with van der Waals surface area (Å²) in [7, 11) is 0. The first kappa shape index (κ1) is 11.9. The molecule has 0 unspecified atom stereocenters. The highest BCUT2D eigenvalue weighted by molar-refractivity contribution is 6.31. The number of rotatable bonds is 3. The minimum Gasteiger partial charge on any atom is -0.379 e. The lowest BCUT2D eigenvalue weighted by Crippen LogP contribution is -2.03. The van der Waals surface area contributed by atoms with Gasteiger partial charge >= 0.3 is 0 Å². The number of anilines is 1. The van der Waals surface area contributed by atoms with E-state index in [-0.39, 0.29) is 0 Å². The van der Waals surface area contributed by atoms with E-state index in [2.05, 4.69) is 16.4 Å². The third kappa shape index (κ3) is 2.98. The summed E-state index contributed by atoms with van der Waals surface area (Å²) in [6.45, 7) is 4.71. The van der Waals surface area contributed by atoms with Gasteiger partial charge in [-0.3, -0.25) is 4.98 Å². The second-order valence-electron chi connectivity index (χ2n) is 4.03. The van der Waals surface area contributed by atoms with Crippen LogP contribution in [0.2, 0.25) is 5.02 Å². The number of hydrogen-bond donors (Lipinski definition) is 1. The molecule has 0 aliphatic rings. The van der Waals surface area contributed by atoms with Crippen LogP contribution in [0.25, 0.3) is 0 Å². The molecule has 3 heteroatoms. The van der Waals surface area contributed by atoms with Gasteiger partial charge in [0.2, 0.25) is 0 Å². The van der Waals surface area contributed by atoms with Gasteiger partial charge in [0.1, 0.15) is 0 Å². The van der Waals surface area contributed by atoms with Gasteiger partial charge < -0.3 is 5.32 Å². The van der Waals surface area contributed by atoms with E-state index in [0.717, 1.165) is 27.7 Å². The van der Waals surface area contributed by atoms with Gasteiger partial charge in [0.05, 0.1) is 11.4 Å². The zero-order valence-corrected chi connectivity index (χ0v) is 10.8. The Kier molecular flexibility index (Phi) is 3.64. The Labute approximate surface area is 107 Å². The van der Waals surface area contributed by atoms with Gasteiger partial charge in [0.25, 0.3) is 0 Å². The average Bonchev–Trinajstić information content (AvgIpc) is 2.30. The van der Waals surface area contributed by atoms with E-state index in [1.54, 1.807) is 0 Å². The van der Waals surface area contributed by atoms with E-state index in [0.29, 0.717) is 6.54 Å².